The molecule has 2 aromatic carbocycles. The van der Waals surface area contributed by atoms with E-state index in [1.807, 2.05) is 0 Å². The molecule has 0 unspecified atom stereocenters. The van der Waals surface area contributed by atoms with Gasteiger partial charge in [0.05, 0.1) is 6.61 Å². The van der Waals surface area contributed by atoms with Crippen LogP contribution in [0.2, 0.25) is 0 Å². The van der Waals surface area contributed by atoms with Gasteiger partial charge < -0.3 is 8.92 Å². The average Bonchev–Trinajstić information content (AvgIpc) is 3.00. The highest BCUT2D eigenvalue weighted by Gasteiger charge is 2.39. The van der Waals surface area contributed by atoms with Crippen LogP contribution in [0, 0.1) is 0 Å². The largest absolute Gasteiger partial charge is 0.482 e. The lowest BCUT2D eigenvalue weighted by molar-refractivity contribution is 0.0807. The summed E-state index contributed by atoms with van der Waals surface area (Å²) in [7, 11) is -14.2. The molecule has 2 aromatic rings. The Hall–Kier alpha value is -2.31. The summed E-state index contributed by atoms with van der Waals surface area (Å²) in [5.41, 5.74) is 1.26. The van der Waals surface area contributed by atoms with Gasteiger partial charge in [0.2, 0.25) is 0 Å². The lowest BCUT2D eigenvalue weighted by Gasteiger charge is -2.18. The fourth-order valence-corrected chi connectivity index (χ4v) is 4.35. The summed E-state index contributed by atoms with van der Waals surface area (Å²) >= 11 is 0. The summed E-state index contributed by atoms with van der Waals surface area (Å²) < 4.78 is 111. The number of fused-ring (bicyclic) bond motifs is 1. The van der Waals surface area contributed by atoms with Crippen LogP contribution in [0.25, 0.3) is 0 Å². The van der Waals surface area contributed by atoms with Gasteiger partial charge in [-0.05, 0) is 48.2 Å². The molecule has 0 spiro atoms. The molecule has 1 aliphatic rings. The topological polar surface area (TPSA) is 200 Å². The first-order valence-electron chi connectivity index (χ1n) is 9.04. The van der Waals surface area contributed by atoms with E-state index >= 15 is 0 Å². The van der Waals surface area contributed by atoms with Crippen LogP contribution in [0.4, 0.5) is 0 Å². The monoisotopic (exact) mass is 526 g/mol. The molecule has 33 heavy (non-hydrogen) atoms. The Morgan fingerprint density at radius 3 is 2.09 bits per heavy atom. The quantitative estimate of drug-likeness (QED) is 0.298. The van der Waals surface area contributed by atoms with Crippen molar-refractivity contribution in [3.8, 4) is 11.5 Å². The van der Waals surface area contributed by atoms with E-state index in [1.54, 1.807) is 12.1 Å². The van der Waals surface area contributed by atoms with E-state index in [1.165, 1.54) is 30.3 Å². The molecule has 0 fully saturated rings. The van der Waals surface area contributed by atoms with Gasteiger partial charge in [0.1, 0.15) is 17.6 Å². The first-order valence-corrected chi connectivity index (χ1v) is 13.1. The van der Waals surface area contributed by atoms with Crippen molar-refractivity contribution in [2.24, 2.45) is 0 Å². The predicted octanol–water partition coefficient (Wildman–Crippen LogP) is 1.61. The van der Waals surface area contributed by atoms with Gasteiger partial charge in [0.25, 0.3) is 0 Å². The zero-order valence-electron chi connectivity index (χ0n) is 16.5. The van der Waals surface area contributed by atoms with Gasteiger partial charge in [-0.15, -0.1) is 0 Å². The smallest absolute Gasteiger partial charge is 0.446 e. The Labute approximate surface area is 189 Å². The maximum atomic E-state index is 11.4. The van der Waals surface area contributed by atoms with Crippen molar-refractivity contribution in [2.75, 3.05) is 6.61 Å². The minimum atomic E-state index is -4.91. The van der Waals surface area contributed by atoms with E-state index in [-0.39, 0.29) is 30.1 Å². The molecule has 0 aliphatic carbocycles. The third kappa shape index (κ3) is 7.61. The van der Waals surface area contributed by atoms with Crippen molar-refractivity contribution >= 4 is 31.2 Å². The van der Waals surface area contributed by atoms with Crippen LogP contribution >= 0.6 is 0 Å². The van der Waals surface area contributed by atoms with E-state index < -0.39 is 43.4 Å². The standard InChI is InChI=1S/C17H18O13S3/c18-31(19,20)27-9-1-2-11-3-8-15-14(10-11)17(30-33(24,25)26)16(28-15)12-4-6-13(7-5-12)29-32(21,22)23/h3-8,10,16-17H,1-2,9H2,(H,18,19,20)(H,21,22,23)(H,24,25,26)/t16-,17+/m0/s1. The van der Waals surface area contributed by atoms with Gasteiger partial charge in [-0.25, -0.2) is 8.37 Å². The zero-order valence-corrected chi connectivity index (χ0v) is 18.9. The molecule has 0 bridgehead atoms. The Morgan fingerprint density at radius 1 is 0.848 bits per heavy atom. The Kier molecular flexibility index (Phi) is 7.30. The van der Waals surface area contributed by atoms with Gasteiger partial charge in [0.15, 0.2) is 6.10 Å². The fraction of sp³-hybridized carbons (Fsp3) is 0.294. The first kappa shape index (κ1) is 25.3. The minimum absolute atomic E-state index is 0.210. The molecule has 0 saturated heterocycles. The van der Waals surface area contributed by atoms with Crippen molar-refractivity contribution < 1.29 is 56.2 Å². The van der Waals surface area contributed by atoms with Crippen molar-refractivity contribution in [3.63, 3.8) is 0 Å². The normalized spacial score (nSPS) is 18.5. The molecule has 2 atom stereocenters. The molecular formula is C17H18O13S3. The van der Waals surface area contributed by atoms with Gasteiger partial charge >= 0.3 is 31.2 Å². The number of aryl methyl sites for hydroxylation is 1. The minimum Gasteiger partial charge on any atom is -0.482 e. The Morgan fingerprint density at radius 2 is 1.52 bits per heavy atom. The maximum absolute atomic E-state index is 11.4. The lowest BCUT2D eigenvalue weighted by Crippen LogP contribution is -2.17. The number of rotatable bonds is 10. The van der Waals surface area contributed by atoms with Crippen molar-refractivity contribution in [1.29, 1.82) is 0 Å². The molecule has 1 heterocycles. The van der Waals surface area contributed by atoms with E-state index in [2.05, 4.69) is 8.37 Å². The highest BCUT2D eigenvalue weighted by atomic mass is 32.3. The number of hydrogen-bond donors (Lipinski definition) is 3. The molecule has 1 aliphatic heterocycles. The zero-order chi connectivity index (χ0) is 24.4. The van der Waals surface area contributed by atoms with Gasteiger partial charge in [-0.2, -0.15) is 25.3 Å². The summed E-state index contributed by atoms with van der Waals surface area (Å²) in [6, 6.07) is 9.82. The lowest BCUT2D eigenvalue weighted by atomic mass is 9.98. The highest BCUT2D eigenvalue weighted by Crippen LogP contribution is 2.47. The Balaban J connectivity index is 1.83. The van der Waals surface area contributed by atoms with Crippen molar-refractivity contribution in [2.45, 2.75) is 25.0 Å². The van der Waals surface area contributed by atoms with Crippen LogP contribution in [-0.2, 0) is 46.0 Å². The molecule has 0 aromatic heterocycles. The first-order chi connectivity index (χ1) is 15.2. The van der Waals surface area contributed by atoms with E-state index in [0.29, 0.717) is 17.5 Å². The van der Waals surface area contributed by atoms with E-state index in [4.69, 9.17) is 18.0 Å². The molecule has 3 rings (SSSR count). The second kappa shape index (κ2) is 9.51. The predicted molar refractivity (Wildman–Crippen MR) is 110 cm³/mol. The SMILES string of the molecule is O=S(=O)(O)OCCCc1ccc2c(c1)[C@@H](OS(=O)(=O)O)[C@H](c1ccc(OS(=O)(=O)O)cc1)O2. The summed E-state index contributed by atoms with van der Waals surface area (Å²) in [5.74, 6) is 0.0447. The summed E-state index contributed by atoms with van der Waals surface area (Å²) in [5, 5.41) is 0. The van der Waals surface area contributed by atoms with Gasteiger partial charge in [-0.3, -0.25) is 13.7 Å². The third-order valence-corrected chi connectivity index (χ3v) is 5.71. The van der Waals surface area contributed by atoms with Crippen LogP contribution in [-0.4, -0.2) is 45.5 Å². The Bertz CT molecular complexity index is 1320. The number of hydrogen-bond acceptors (Lipinski definition) is 10. The fourth-order valence-electron chi connectivity index (χ4n) is 3.20. The van der Waals surface area contributed by atoms with E-state index in [0.717, 1.165) is 0 Å². The van der Waals surface area contributed by atoms with Crippen molar-refractivity contribution in [1.82, 2.24) is 0 Å². The molecular weight excluding hydrogens is 508 g/mol. The van der Waals surface area contributed by atoms with Crippen molar-refractivity contribution in [3.05, 3.63) is 59.2 Å². The second-order valence-electron chi connectivity index (χ2n) is 6.79. The van der Waals surface area contributed by atoms with Gasteiger partial charge in [-0.1, -0.05) is 18.2 Å². The molecule has 13 nitrogen and oxygen atoms in total. The number of ether oxygens (including phenoxy) is 1. The molecule has 0 radical (unpaired) electrons. The van der Waals surface area contributed by atoms with Crippen LogP contribution < -0.4 is 8.92 Å². The van der Waals surface area contributed by atoms with Crippen LogP contribution in [0.5, 0.6) is 11.5 Å². The van der Waals surface area contributed by atoms with Crippen LogP contribution in [0.1, 0.15) is 35.3 Å². The van der Waals surface area contributed by atoms with Gasteiger partial charge in [0, 0.05) is 5.56 Å². The highest BCUT2D eigenvalue weighted by molar-refractivity contribution is 7.81. The van der Waals surface area contributed by atoms with Crippen LogP contribution in [0.3, 0.4) is 0 Å². The second-order valence-corrected chi connectivity index (χ2v) is 9.95. The maximum Gasteiger partial charge on any atom is 0.446 e. The molecule has 0 saturated carbocycles. The molecule has 182 valence electrons. The summed E-state index contributed by atoms with van der Waals surface area (Å²) in [6.07, 6.45) is -1.85. The summed E-state index contributed by atoms with van der Waals surface area (Å²) in [4.78, 5) is 0. The molecule has 16 heteroatoms. The van der Waals surface area contributed by atoms with E-state index in [9.17, 15) is 29.8 Å². The van der Waals surface area contributed by atoms with Crippen LogP contribution in [0.15, 0.2) is 42.5 Å². The third-order valence-electron chi connectivity index (χ3n) is 4.39. The molecule has 3 N–H and O–H groups in total. The summed E-state index contributed by atoms with van der Waals surface area (Å²) in [6.45, 7) is -0.280. The molecule has 0 amide bonds. The number of benzene rings is 2. The average molecular weight is 527 g/mol.